The summed E-state index contributed by atoms with van der Waals surface area (Å²) in [5.74, 6) is 2.54. The summed E-state index contributed by atoms with van der Waals surface area (Å²) in [6, 6.07) is 25.3. The zero-order chi connectivity index (χ0) is 25.1. The van der Waals surface area contributed by atoms with Gasteiger partial charge in [-0.25, -0.2) is 0 Å². The average molecular weight is 499 g/mol. The zero-order valence-electron chi connectivity index (χ0n) is 20.3. The summed E-state index contributed by atoms with van der Waals surface area (Å²) in [7, 11) is 3.31. The van der Waals surface area contributed by atoms with E-state index in [4.69, 9.17) is 31.2 Å². The molecule has 0 fully saturated rings. The van der Waals surface area contributed by atoms with Gasteiger partial charge in [-0.3, -0.25) is 0 Å². The predicted octanol–water partition coefficient (Wildman–Crippen LogP) is 5.62. The number of methoxy groups -OCH3 is 2. The summed E-state index contributed by atoms with van der Waals surface area (Å²) in [4.78, 5) is 6.82. The maximum atomic E-state index is 5.83. The molecule has 5 rings (SSSR count). The van der Waals surface area contributed by atoms with Crippen LogP contribution in [0.25, 0.3) is 17.0 Å². The number of hydrogen-bond acceptors (Lipinski definition) is 6. The van der Waals surface area contributed by atoms with Gasteiger partial charge in [0.05, 0.1) is 25.8 Å². The van der Waals surface area contributed by atoms with E-state index in [1.54, 1.807) is 14.2 Å². The lowest BCUT2D eigenvalue weighted by Gasteiger charge is -2.37. The molecule has 0 saturated heterocycles. The fourth-order valence-corrected chi connectivity index (χ4v) is 4.59. The second kappa shape index (κ2) is 10.2. The summed E-state index contributed by atoms with van der Waals surface area (Å²) in [6.07, 6.45) is 0. The number of thiocarbonyl (C=S) groups is 1. The average Bonchev–Trinajstić information content (AvgIpc) is 3.41. The molecule has 1 unspecified atom stereocenters. The number of aromatic nitrogens is 2. The van der Waals surface area contributed by atoms with Crippen LogP contribution in [0.2, 0.25) is 0 Å². The largest absolute Gasteiger partial charge is 0.497 e. The predicted molar refractivity (Wildman–Crippen MR) is 142 cm³/mol. The Hall–Kier alpha value is -4.17. The van der Waals surface area contributed by atoms with Gasteiger partial charge in [0.1, 0.15) is 11.5 Å². The van der Waals surface area contributed by atoms with Crippen molar-refractivity contribution in [3.8, 4) is 22.9 Å². The molecule has 2 heterocycles. The van der Waals surface area contributed by atoms with Crippen molar-refractivity contribution in [2.24, 2.45) is 0 Å². The van der Waals surface area contributed by atoms with Crippen molar-refractivity contribution in [2.75, 3.05) is 14.2 Å². The molecule has 0 bridgehead atoms. The van der Waals surface area contributed by atoms with E-state index in [1.165, 1.54) is 0 Å². The van der Waals surface area contributed by atoms with Crippen LogP contribution in [0, 0.1) is 0 Å². The Kier molecular flexibility index (Phi) is 6.69. The van der Waals surface area contributed by atoms with Gasteiger partial charge < -0.3 is 24.2 Å². The molecule has 182 valence electrons. The number of nitrogens with one attached hydrogen (secondary N) is 1. The van der Waals surface area contributed by atoms with Crippen LogP contribution in [-0.4, -0.2) is 34.4 Å². The lowest BCUT2D eigenvalue weighted by atomic mass is 9.94. The Morgan fingerprint density at radius 3 is 2.42 bits per heavy atom. The van der Waals surface area contributed by atoms with E-state index in [0.29, 0.717) is 23.4 Å². The van der Waals surface area contributed by atoms with E-state index in [2.05, 4.69) is 15.4 Å². The normalized spacial score (nSPS) is 15.6. The zero-order valence-corrected chi connectivity index (χ0v) is 21.1. The van der Waals surface area contributed by atoms with Crippen LogP contribution in [0.15, 0.2) is 89.1 Å². The maximum Gasteiger partial charge on any atom is 0.258 e. The third kappa shape index (κ3) is 4.67. The molecule has 0 aliphatic carbocycles. The lowest BCUT2D eigenvalue weighted by molar-refractivity contribution is 0.395. The molecule has 0 saturated carbocycles. The second-order valence-corrected chi connectivity index (χ2v) is 8.77. The molecule has 8 heteroatoms. The highest BCUT2D eigenvalue weighted by atomic mass is 32.1. The number of rotatable bonds is 7. The molecule has 1 aliphatic heterocycles. The van der Waals surface area contributed by atoms with Crippen LogP contribution in [0.5, 0.6) is 11.5 Å². The van der Waals surface area contributed by atoms with Gasteiger partial charge in [-0.15, -0.1) is 0 Å². The highest BCUT2D eigenvalue weighted by molar-refractivity contribution is 7.80. The molecule has 1 N–H and O–H groups in total. The Morgan fingerprint density at radius 1 is 0.944 bits per heavy atom. The smallest absolute Gasteiger partial charge is 0.258 e. The lowest BCUT2D eigenvalue weighted by Crippen LogP contribution is -2.45. The van der Waals surface area contributed by atoms with Crippen molar-refractivity contribution in [3.05, 3.63) is 102 Å². The molecule has 0 amide bonds. The Bertz CT molecular complexity index is 1400. The summed E-state index contributed by atoms with van der Waals surface area (Å²) in [5, 5.41) is 8.38. The molecular formula is C28H26N4O3S. The molecule has 1 aromatic heterocycles. The number of benzene rings is 3. The molecule has 0 spiro atoms. The molecule has 4 aromatic rings. The first-order valence-corrected chi connectivity index (χ1v) is 11.9. The van der Waals surface area contributed by atoms with Crippen LogP contribution >= 0.6 is 12.2 Å². The van der Waals surface area contributed by atoms with Crippen molar-refractivity contribution in [2.45, 2.75) is 19.5 Å². The molecule has 0 radical (unpaired) electrons. The first-order chi connectivity index (χ1) is 17.6. The molecule has 36 heavy (non-hydrogen) atoms. The first-order valence-electron chi connectivity index (χ1n) is 11.5. The highest BCUT2D eigenvalue weighted by Gasteiger charge is 2.34. The van der Waals surface area contributed by atoms with Gasteiger partial charge in [0.25, 0.3) is 5.89 Å². The second-order valence-electron chi connectivity index (χ2n) is 8.38. The standard InChI is InChI=1S/C28H26N4O3S/c1-18-24(27-30-26(31-35-27)20-8-5-4-6-9-20)25(21-10-7-11-23(16-21)34-3)29-28(36)32(18)17-19-12-14-22(33-2)15-13-19/h4-16,25H,17H2,1-3H3,(H,29,36). The Morgan fingerprint density at radius 2 is 1.69 bits per heavy atom. The monoisotopic (exact) mass is 498 g/mol. The van der Waals surface area contributed by atoms with Crippen LogP contribution < -0.4 is 14.8 Å². The van der Waals surface area contributed by atoms with E-state index in [9.17, 15) is 0 Å². The van der Waals surface area contributed by atoms with Crippen LogP contribution in [0.4, 0.5) is 0 Å². The van der Waals surface area contributed by atoms with Gasteiger partial charge in [0, 0.05) is 17.8 Å². The number of hydrogen-bond donors (Lipinski definition) is 1. The van der Waals surface area contributed by atoms with Gasteiger partial charge in [0.2, 0.25) is 5.82 Å². The van der Waals surface area contributed by atoms with Gasteiger partial charge in [0.15, 0.2) is 5.11 Å². The van der Waals surface area contributed by atoms with Gasteiger partial charge in [-0.1, -0.05) is 59.8 Å². The molecule has 1 atom stereocenters. The topological polar surface area (TPSA) is 72.7 Å². The number of allylic oxidation sites excluding steroid dienone is 1. The van der Waals surface area contributed by atoms with Gasteiger partial charge >= 0.3 is 0 Å². The van der Waals surface area contributed by atoms with Crippen LogP contribution in [0.1, 0.15) is 30.0 Å². The summed E-state index contributed by atoms with van der Waals surface area (Å²) in [6.45, 7) is 2.61. The SMILES string of the molecule is COc1ccc(CN2C(=S)NC(c3cccc(OC)c3)C(c3nc(-c4ccccc4)no3)=C2C)cc1. The summed E-state index contributed by atoms with van der Waals surface area (Å²) >= 11 is 5.83. The van der Waals surface area contributed by atoms with Crippen molar-refractivity contribution >= 4 is 22.9 Å². The Labute approximate surface area is 215 Å². The highest BCUT2D eigenvalue weighted by Crippen LogP contribution is 2.38. The summed E-state index contributed by atoms with van der Waals surface area (Å²) < 4.78 is 16.6. The first kappa shape index (κ1) is 23.6. The Balaban J connectivity index is 1.58. The van der Waals surface area contributed by atoms with E-state index >= 15 is 0 Å². The molecule has 7 nitrogen and oxygen atoms in total. The van der Waals surface area contributed by atoms with Crippen molar-refractivity contribution in [1.82, 2.24) is 20.4 Å². The number of nitrogens with zero attached hydrogens (tertiary/aromatic N) is 3. The van der Waals surface area contributed by atoms with E-state index in [-0.39, 0.29) is 6.04 Å². The van der Waals surface area contributed by atoms with E-state index in [1.807, 2.05) is 85.8 Å². The van der Waals surface area contributed by atoms with E-state index in [0.717, 1.165) is 39.5 Å². The summed E-state index contributed by atoms with van der Waals surface area (Å²) in [5.41, 5.74) is 4.76. The quantitative estimate of drug-likeness (QED) is 0.329. The fourth-order valence-electron chi connectivity index (χ4n) is 4.27. The number of ether oxygens (including phenoxy) is 2. The fraction of sp³-hybridized carbons (Fsp3) is 0.179. The minimum atomic E-state index is -0.288. The molecule has 3 aromatic carbocycles. The van der Waals surface area contributed by atoms with E-state index < -0.39 is 0 Å². The van der Waals surface area contributed by atoms with Crippen LogP contribution in [0.3, 0.4) is 0 Å². The van der Waals surface area contributed by atoms with Crippen molar-refractivity contribution in [3.63, 3.8) is 0 Å². The van der Waals surface area contributed by atoms with Gasteiger partial charge in [-0.05, 0) is 54.5 Å². The minimum absolute atomic E-state index is 0.288. The molecule has 1 aliphatic rings. The maximum absolute atomic E-state index is 5.83. The third-order valence-electron chi connectivity index (χ3n) is 6.21. The third-order valence-corrected chi connectivity index (χ3v) is 6.55. The minimum Gasteiger partial charge on any atom is -0.497 e. The van der Waals surface area contributed by atoms with Gasteiger partial charge in [-0.2, -0.15) is 4.98 Å². The van der Waals surface area contributed by atoms with Crippen molar-refractivity contribution in [1.29, 1.82) is 0 Å². The van der Waals surface area contributed by atoms with Crippen LogP contribution in [-0.2, 0) is 6.54 Å². The molecular weight excluding hydrogens is 472 g/mol. The van der Waals surface area contributed by atoms with Crippen molar-refractivity contribution < 1.29 is 14.0 Å².